The number of halogens is 3. The highest BCUT2D eigenvalue weighted by Gasteiger charge is 2.30. The van der Waals surface area contributed by atoms with Gasteiger partial charge in [-0.3, -0.25) is 14.4 Å². The van der Waals surface area contributed by atoms with Crippen LogP contribution >= 0.6 is 0 Å². The topological polar surface area (TPSA) is 109 Å². The Morgan fingerprint density at radius 1 is 0.919 bits per heavy atom. The lowest BCUT2D eigenvalue weighted by atomic mass is 10.1. The van der Waals surface area contributed by atoms with E-state index < -0.39 is 36.1 Å². The number of nitrogens with one attached hydrogen (secondary N) is 3. The van der Waals surface area contributed by atoms with Crippen LogP contribution in [0.15, 0.2) is 71.8 Å². The van der Waals surface area contributed by atoms with Crippen molar-refractivity contribution >= 4 is 35.3 Å². The lowest BCUT2D eigenvalue weighted by molar-refractivity contribution is -0.137. The van der Waals surface area contributed by atoms with Crippen LogP contribution in [0.25, 0.3) is 0 Å². The fraction of sp³-hybridized carbons (Fsp3) is 0.154. The summed E-state index contributed by atoms with van der Waals surface area (Å²) in [6, 6.07) is 15.9. The van der Waals surface area contributed by atoms with Crippen molar-refractivity contribution in [2.45, 2.75) is 20.0 Å². The molecule has 3 rings (SSSR count). The van der Waals surface area contributed by atoms with Crippen LogP contribution in [0.2, 0.25) is 0 Å². The molecule has 8 nitrogen and oxygen atoms in total. The number of hydrogen-bond acceptors (Lipinski definition) is 5. The molecule has 0 aliphatic rings. The predicted molar refractivity (Wildman–Crippen MR) is 132 cm³/mol. The number of hydrogen-bond donors (Lipinski definition) is 3. The lowest BCUT2D eigenvalue weighted by Crippen LogP contribution is -2.32. The average molecular weight is 512 g/mol. The third-order valence-electron chi connectivity index (χ3n) is 5.18. The second kappa shape index (κ2) is 11.8. The number of amides is 3. The zero-order valence-electron chi connectivity index (χ0n) is 19.8. The van der Waals surface area contributed by atoms with Crippen molar-refractivity contribution in [3.05, 3.63) is 89.0 Å². The number of nitrogens with zero attached hydrogens (tertiary/aromatic N) is 1. The van der Waals surface area contributed by atoms with Crippen molar-refractivity contribution in [1.29, 1.82) is 0 Å². The molecule has 0 spiro atoms. The first-order chi connectivity index (χ1) is 17.5. The molecule has 0 aliphatic carbocycles. The quantitative estimate of drug-likeness (QED) is 0.247. The van der Waals surface area contributed by atoms with Crippen molar-refractivity contribution in [3.63, 3.8) is 0 Å². The number of rotatable bonds is 7. The molecular weight excluding hydrogens is 489 g/mol. The second-order valence-corrected chi connectivity index (χ2v) is 7.85. The van der Waals surface area contributed by atoms with Gasteiger partial charge in [-0.15, -0.1) is 0 Å². The normalized spacial score (nSPS) is 11.2. The van der Waals surface area contributed by atoms with Crippen LogP contribution in [0.1, 0.15) is 22.3 Å². The molecule has 0 unspecified atom stereocenters. The summed E-state index contributed by atoms with van der Waals surface area (Å²) in [5.74, 6) is -2.35. The molecule has 37 heavy (non-hydrogen) atoms. The minimum atomic E-state index is -4.54. The van der Waals surface area contributed by atoms with E-state index in [9.17, 15) is 27.6 Å². The van der Waals surface area contributed by atoms with Gasteiger partial charge in [-0.25, -0.2) is 5.43 Å². The first kappa shape index (κ1) is 26.9. The lowest BCUT2D eigenvalue weighted by Gasteiger charge is -2.11. The van der Waals surface area contributed by atoms with Crippen LogP contribution in [0.4, 0.5) is 24.5 Å². The number of carbonyl (C=O) groups is 3. The number of benzene rings is 3. The maximum Gasteiger partial charge on any atom is 0.416 e. The number of carbonyl (C=O) groups excluding carboxylic acids is 3. The van der Waals surface area contributed by atoms with Crippen molar-refractivity contribution < 1.29 is 32.3 Å². The fourth-order valence-corrected chi connectivity index (χ4v) is 3.11. The van der Waals surface area contributed by atoms with Crippen molar-refractivity contribution in [2.75, 3.05) is 17.2 Å². The van der Waals surface area contributed by atoms with Gasteiger partial charge in [0.15, 0.2) is 6.61 Å². The molecule has 3 aromatic carbocycles. The summed E-state index contributed by atoms with van der Waals surface area (Å²) in [7, 11) is 0. The molecule has 3 N–H and O–H groups in total. The Morgan fingerprint density at radius 2 is 1.65 bits per heavy atom. The molecular formula is C26H23F3N4O4. The van der Waals surface area contributed by atoms with E-state index in [1.807, 2.05) is 19.9 Å². The summed E-state index contributed by atoms with van der Waals surface area (Å²) in [4.78, 5) is 36.4. The third-order valence-corrected chi connectivity index (χ3v) is 5.18. The van der Waals surface area contributed by atoms with Gasteiger partial charge in [0.05, 0.1) is 11.8 Å². The fourth-order valence-electron chi connectivity index (χ4n) is 3.11. The van der Waals surface area contributed by atoms with Crippen LogP contribution in [-0.2, 0) is 20.6 Å². The van der Waals surface area contributed by atoms with Crippen LogP contribution in [0, 0.1) is 13.8 Å². The van der Waals surface area contributed by atoms with E-state index in [1.165, 1.54) is 24.4 Å². The van der Waals surface area contributed by atoms with Crippen molar-refractivity contribution in [1.82, 2.24) is 5.43 Å². The van der Waals surface area contributed by atoms with Gasteiger partial charge in [-0.05, 0) is 61.4 Å². The largest absolute Gasteiger partial charge is 0.483 e. The van der Waals surface area contributed by atoms with Crippen LogP contribution in [-0.4, -0.2) is 30.5 Å². The molecule has 0 aliphatic heterocycles. The average Bonchev–Trinajstić information content (AvgIpc) is 2.85. The summed E-state index contributed by atoms with van der Waals surface area (Å²) >= 11 is 0. The van der Waals surface area contributed by atoms with Gasteiger partial charge in [0.25, 0.3) is 5.91 Å². The van der Waals surface area contributed by atoms with E-state index in [2.05, 4.69) is 21.2 Å². The summed E-state index contributed by atoms with van der Waals surface area (Å²) in [5, 5.41) is 8.62. The molecule has 0 heterocycles. The van der Waals surface area contributed by atoms with E-state index in [-0.39, 0.29) is 11.4 Å². The van der Waals surface area contributed by atoms with Gasteiger partial charge in [-0.2, -0.15) is 18.3 Å². The third kappa shape index (κ3) is 7.66. The predicted octanol–water partition coefficient (Wildman–Crippen LogP) is 4.43. The zero-order chi connectivity index (χ0) is 27.0. The summed E-state index contributed by atoms with van der Waals surface area (Å²) in [5.41, 5.74) is 3.87. The highest BCUT2D eigenvalue weighted by atomic mass is 19.4. The van der Waals surface area contributed by atoms with Crippen LogP contribution < -0.4 is 20.8 Å². The molecule has 0 radical (unpaired) electrons. The molecule has 3 amide bonds. The van der Waals surface area contributed by atoms with E-state index >= 15 is 0 Å². The molecule has 0 saturated carbocycles. The first-order valence-corrected chi connectivity index (χ1v) is 10.9. The molecule has 3 aromatic rings. The van der Waals surface area contributed by atoms with Crippen LogP contribution in [0.3, 0.4) is 0 Å². The Balaban J connectivity index is 1.56. The summed E-state index contributed by atoms with van der Waals surface area (Å²) in [6.07, 6.45) is -3.31. The SMILES string of the molecule is Cc1cccc(NC(=O)C(=O)N/N=C/c2ccccc2OCC(=O)Nc2cccc(C(F)(F)F)c2)c1C. The van der Waals surface area contributed by atoms with Gasteiger partial charge in [0, 0.05) is 16.9 Å². The van der Waals surface area contributed by atoms with Crippen molar-refractivity contribution in [3.8, 4) is 5.75 Å². The number of para-hydroxylation sites is 1. The van der Waals surface area contributed by atoms with Gasteiger partial charge >= 0.3 is 18.0 Å². The van der Waals surface area contributed by atoms with E-state index in [0.717, 1.165) is 23.3 Å². The van der Waals surface area contributed by atoms with E-state index in [1.54, 1.807) is 30.3 Å². The van der Waals surface area contributed by atoms with E-state index in [4.69, 9.17) is 4.74 Å². The standard InChI is InChI=1S/C26H23F3N4O4/c1-16-7-5-11-21(17(16)2)32-24(35)25(36)33-30-14-18-8-3-4-12-22(18)37-15-23(34)31-20-10-6-9-19(13-20)26(27,28)29/h3-14H,15H2,1-2H3,(H,31,34)(H,32,35)(H,33,36)/b30-14+. The number of ether oxygens (including phenoxy) is 1. The summed E-state index contributed by atoms with van der Waals surface area (Å²) < 4.78 is 44.0. The highest BCUT2D eigenvalue weighted by Crippen LogP contribution is 2.30. The molecule has 0 atom stereocenters. The van der Waals surface area contributed by atoms with Gasteiger partial charge in [0.1, 0.15) is 5.75 Å². The van der Waals surface area contributed by atoms with E-state index in [0.29, 0.717) is 11.3 Å². The number of anilines is 2. The maximum absolute atomic E-state index is 12.8. The number of aryl methyl sites for hydroxylation is 1. The van der Waals surface area contributed by atoms with Gasteiger partial charge in [0.2, 0.25) is 0 Å². The molecule has 11 heteroatoms. The Kier molecular flexibility index (Phi) is 8.62. The van der Waals surface area contributed by atoms with Gasteiger partial charge in [-0.1, -0.05) is 30.3 Å². The smallest absolute Gasteiger partial charge is 0.416 e. The zero-order valence-corrected chi connectivity index (χ0v) is 19.8. The highest BCUT2D eigenvalue weighted by molar-refractivity contribution is 6.39. The molecule has 0 saturated heterocycles. The summed E-state index contributed by atoms with van der Waals surface area (Å²) in [6.45, 7) is 3.20. The minimum absolute atomic E-state index is 0.0277. The Hall–Kier alpha value is -4.67. The minimum Gasteiger partial charge on any atom is -0.483 e. The molecule has 192 valence electrons. The van der Waals surface area contributed by atoms with Crippen LogP contribution in [0.5, 0.6) is 5.75 Å². The molecule has 0 fully saturated rings. The van der Waals surface area contributed by atoms with Gasteiger partial charge < -0.3 is 15.4 Å². The number of hydrazone groups is 1. The number of alkyl halides is 3. The molecule has 0 aromatic heterocycles. The Morgan fingerprint density at radius 3 is 2.41 bits per heavy atom. The van der Waals surface area contributed by atoms with Crippen molar-refractivity contribution in [2.24, 2.45) is 5.10 Å². The Bertz CT molecular complexity index is 1340. The second-order valence-electron chi connectivity index (χ2n) is 7.85. The maximum atomic E-state index is 12.8. The Labute approximate surface area is 210 Å². The molecule has 0 bridgehead atoms. The monoisotopic (exact) mass is 512 g/mol. The first-order valence-electron chi connectivity index (χ1n) is 10.9.